The lowest BCUT2D eigenvalue weighted by atomic mass is 10.0. The number of anilines is 1. The minimum Gasteiger partial charge on any atom is -0.319 e. The molecule has 0 bridgehead atoms. The molecule has 2 rings (SSSR count). The van der Waals surface area contributed by atoms with Gasteiger partial charge in [-0.2, -0.15) is 5.10 Å². The number of amides is 1. The van der Waals surface area contributed by atoms with Crippen LogP contribution in [0.4, 0.5) is 5.82 Å². The number of carbonyl (C=O) groups excluding carboxylic acids is 1. The molecule has 0 aliphatic rings. The second kappa shape index (κ2) is 6.15. The van der Waals surface area contributed by atoms with Gasteiger partial charge in [-0.25, -0.2) is 0 Å². The molecule has 0 saturated heterocycles. The summed E-state index contributed by atoms with van der Waals surface area (Å²) >= 11 is 0. The Labute approximate surface area is 112 Å². The molecule has 0 fully saturated rings. The van der Waals surface area contributed by atoms with E-state index in [1.165, 1.54) is 0 Å². The summed E-state index contributed by atoms with van der Waals surface area (Å²) in [6, 6.07) is 9.42. The standard InChI is InChI=1S/C14H18N4O/c1-15-9-7-11-5-3-4-6-12(11)14(19)17-13-8-10-16-18(13)2/h3-6,8,10,15H,7,9H2,1-2H3,(H,17,19). The first-order valence-electron chi connectivity index (χ1n) is 6.24. The molecule has 100 valence electrons. The van der Waals surface area contributed by atoms with Gasteiger partial charge in [-0.05, 0) is 31.6 Å². The van der Waals surface area contributed by atoms with E-state index in [1.54, 1.807) is 24.0 Å². The van der Waals surface area contributed by atoms with Crippen LogP contribution in [0, 0.1) is 0 Å². The van der Waals surface area contributed by atoms with Gasteiger partial charge in [0, 0.05) is 18.7 Å². The average molecular weight is 258 g/mol. The Hall–Kier alpha value is -2.14. The first kappa shape index (κ1) is 13.3. The van der Waals surface area contributed by atoms with Crippen LogP contribution >= 0.6 is 0 Å². The van der Waals surface area contributed by atoms with Gasteiger partial charge in [0.2, 0.25) is 0 Å². The third kappa shape index (κ3) is 3.20. The van der Waals surface area contributed by atoms with Crippen molar-refractivity contribution >= 4 is 11.7 Å². The summed E-state index contributed by atoms with van der Waals surface area (Å²) in [6.45, 7) is 0.843. The fourth-order valence-corrected chi connectivity index (χ4v) is 1.90. The molecule has 1 aromatic carbocycles. The van der Waals surface area contributed by atoms with Crippen molar-refractivity contribution in [2.75, 3.05) is 18.9 Å². The SMILES string of the molecule is CNCCc1ccccc1C(=O)Nc1ccnn1C. The highest BCUT2D eigenvalue weighted by Gasteiger charge is 2.12. The monoisotopic (exact) mass is 258 g/mol. The van der Waals surface area contributed by atoms with Gasteiger partial charge in [-0.15, -0.1) is 0 Å². The summed E-state index contributed by atoms with van der Waals surface area (Å²) < 4.78 is 1.63. The van der Waals surface area contributed by atoms with Gasteiger partial charge < -0.3 is 10.6 Å². The summed E-state index contributed by atoms with van der Waals surface area (Å²) in [5.74, 6) is 0.587. The summed E-state index contributed by atoms with van der Waals surface area (Å²) in [7, 11) is 3.70. The number of benzene rings is 1. The van der Waals surface area contributed by atoms with E-state index < -0.39 is 0 Å². The molecular formula is C14H18N4O. The van der Waals surface area contributed by atoms with Gasteiger partial charge >= 0.3 is 0 Å². The lowest BCUT2D eigenvalue weighted by Crippen LogP contribution is -2.18. The van der Waals surface area contributed by atoms with Crippen molar-refractivity contribution < 1.29 is 4.79 Å². The molecule has 0 spiro atoms. The van der Waals surface area contributed by atoms with Crippen molar-refractivity contribution in [1.29, 1.82) is 0 Å². The second-order valence-electron chi connectivity index (χ2n) is 4.30. The number of carbonyl (C=O) groups is 1. The maximum Gasteiger partial charge on any atom is 0.257 e. The number of aryl methyl sites for hydroxylation is 1. The molecule has 1 aromatic heterocycles. The smallest absolute Gasteiger partial charge is 0.257 e. The van der Waals surface area contributed by atoms with E-state index in [2.05, 4.69) is 15.7 Å². The zero-order valence-corrected chi connectivity index (χ0v) is 11.2. The molecule has 0 unspecified atom stereocenters. The number of likely N-dealkylation sites (N-methyl/N-ethyl adjacent to an activating group) is 1. The van der Waals surface area contributed by atoms with Crippen LogP contribution in [-0.4, -0.2) is 29.3 Å². The molecule has 0 aliphatic heterocycles. The molecule has 0 aliphatic carbocycles. The van der Waals surface area contributed by atoms with Crippen LogP contribution in [0.3, 0.4) is 0 Å². The minimum atomic E-state index is -0.102. The van der Waals surface area contributed by atoms with E-state index in [0.717, 1.165) is 18.5 Å². The van der Waals surface area contributed by atoms with Crippen LogP contribution in [0.25, 0.3) is 0 Å². The van der Waals surface area contributed by atoms with Gasteiger partial charge in [0.05, 0.1) is 6.20 Å². The van der Waals surface area contributed by atoms with Crippen LogP contribution in [0.1, 0.15) is 15.9 Å². The van der Waals surface area contributed by atoms with Crippen LogP contribution in [0.5, 0.6) is 0 Å². The highest BCUT2D eigenvalue weighted by atomic mass is 16.1. The summed E-state index contributed by atoms with van der Waals surface area (Å²) in [5, 5.41) is 9.98. The van der Waals surface area contributed by atoms with E-state index >= 15 is 0 Å². The van der Waals surface area contributed by atoms with Crippen molar-refractivity contribution in [3.8, 4) is 0 Å². The highest BCUT2D eigenvalue weighted by molar-refractivity contribution is 6.04. The molecule has 0 atom stereocenters. The summed E-state index contributed by atoms with van der Waals surface area (Å²) in [5.41, 5.74) is 1.75. The van der Waals surface area contributed by atoms with Gasteiger partial charge in [-0.1, -0.05) is 18.2 Å². The number of nitrogens with zero attached hydrogens (tertiary/aromatic N) is 2. The van der Waals surface area contributed by atoms with E-state index in [4.69, 9.17) is 0 Å². The predicted molar refractivity (Wildman–Crippen MR) is 75.2 cm³/mol. The predicted octanol–water partition coefficient (Wildman–Crippen LogP) is 1.43. The van der Waals surface area contributed by atoms with Crippen molar-refractivity contribution in [2.24, 2.45) is 7.05 Å². The number of aromatic nitrogens is 2. The Balaban J connectivity index is 2.17. The van der Waals surface area contributed by atoms with Crippen LogP contribution < -0.4 is 10.6 Å². The Morgan fingerprint density at radius 3 is 2.79 bits per heavy atom. The Morgan fingerprint density at radius 2 is 2.11 bits per heavy atom. The largest absolute Gasteiger partial charge is 0.319 e. The molecule has 2 aromatic rings. The van der Waals surface area contributed by atoms with Crippen molar-refractivity contribution in [1.82, 2.24) is 15.1 Å². The number of rotatable bonds is 5. The van der Waals surface area contributed by atoms with Crippen molar-refractivity contribution in [2.45, 2.75) is 6.42 Å². The third-order valence-corrected chi connectivity index (χ3v) is 2.97. The van der Waals surface area contributed by atoms with Crippen LogP contribution in [0.2, 0.25) is 0 Å². The van der Waals surface area contributed by atoms with E-state index in [9.17, 15) is 4.79 Å². The molecular weight excluding hydrogens is 240 g/mol. The zero-order valence-electron chi connectivity index (χ0n) is 11.2. The molecule has 1 amide bonds. The number of hydrogen-bond acceptors (Lipinski definition) is 3. The maximum absolute atomic E-state index is 12.3. The van der Waals surface area contributed by atoms with Gasteiger partial charge in [0.1, 0.15) is 5.82 Å². The normalized spacial score (nSPS) is 10.4. The Kier molecular flexibility index (Phi) is 4.30. The maximum atomic E-state index is 12.3. The van der Waals surface area contributed by atoms with E-state index in [-0.39, 0.29) is 5.91 Å². The molecule has 19 heavy (non-hydrogen) atoms. The highest BCUT2D eigenvalue weighted by Crippen LogP contribution is 2.12. The second-order valence-corrected chi connectivity index (χ2v) is 4.30. The average Bonchev–Trinajstić information content (AvgIpc) is 2.82. The fourth-order valence-electron chi connectivity index (χ4n) is 1.90. The Morgan fingerprint density at radius 1 is 1.32 bits per heavy atom. The van der Waals surface area contributed by atoms with Gasteiger partial charge in [-0.3, -0.25) is 9.48 Å². The first-order valence-corrected chi connectivity index (χ1v) is 6.24. The molecule has 2 N–H and O–H groups in total. The van der Waals surface area contributed by atoms with Crippen LogP contribution in [0.15, 0.2) is 36.5 Å². The minimum absolute atomic E-state index is 0.102. The first-order chi connectivity index (χ1) is 9.22. The quantitative estimate of drug-likeness (QED) is 0.853. The molecule has 1 heterocycles. The topological polar surface area (TPSA) is 59.0 Å². The summed E-state index contributed by atoms with van der Waals surface area (Å²) in [4.78, 5) is 12.3. The third-order valence-electron chi connectivity index (χ3n) is 2.97. The van der Waals surface area contributed by atoms with Gasteiger partial charge in [0.25, 0.3) is 5.91 Å². The fraction of sp³-hybridized carbons (Fsp3) is 0.286. The van der Waals surface area contributed by atoms with Crippen LogP contribution in [-0.2, 0) is 13.5 Å². The van der Waals surface area contributed by atoms with Gasteiger partial charge in [0.15, 0.2) is 0 Å². The number of nitrogens with one attached hydrogen (secondary N) is 2. The van der Waals surface area contributed by atoms with E-state index in [0.29, 0.717) is 11.4 Å². The zero-order chi connectivity index (χ0) is 13.7. The van der Waals surface area contributed by atoms with E-state index in [1.807, 2.05) is 31.3 Å². The lowest BCUT2D eigenvalue weighted by Gasteiger charge is -2.10. The molecule has 0 saturated carbocycles. The van der Waals surface area contributed by atoms with Crippen molar-refractivity contribution in [3.63, 3.8) is 0 Å². The molecule has 5 heteroatoms. The lowest BCUT2D eigenvalue weighted by molar-refractivity contribution is 0.102. The molecule has 0 radical (unpaired) electrons. The number of hydrogen-bond donors (Lipinski definition) is 2. The Bertz CT molecular complexity index is 562. The summed E-state index contributed by atoms with van der Waals surface area (Å²) in [6.07, 6.45) is 2.48. The van der Waals surface area contributed by atoms with Crippen molar-refractivity contribution in [3.05, 3.63) is 47.7 Å². The molecule has 5 nitrogen and oxygen atoms in total.